The number of rotatable bonds is 9. The second kappa shape index (κ2) is 12.8. The van der Waals surface area contributed by atoms with Gasteiger partial charge in [-0.15, -0.1) is 13.2 Å². The van der Waals surface area contributed by atoms with E-state index in [1.54, 1.807) is 18.2 Å². The van der Waals surface area contributed by atoms with Gasteiger partial charge in [0.2, 0.25) is 5.75 Å². The number of benzene rings is 2. The molecule has 0 aliphatic heterocycles. The second-order valence-electron chi connectivity index (χ2n) is 11.2. The Kier molecular flexibility index (Phi) is 9.71. The maximum atomic E-state index is 14.1. The van der Waals surface area contributed by atoms with Crippen molar-refractivity contribution in [2.45, 2.75) is 95.5 Å². The molecule has 1 nitrogen and oxygen atoms in total. The van der Waals surface area contributed by atoms with Gasteiger partial charge in [0.15, 0.2) is 11.6 Å². The molecule has 2 fully saturated rings. The van der Waals surface area contributed by atoms with E-state index in [0.29, 0.717) is 11.5 Å². The van der Waals surface area contributed by atoms with E-state index in [4.69, 9.17) is 0 Å². The number of hydrogen-bond donors (Lipinski definition) is 0. The first-order valence-electron chi connectivity index (χ1n) is 14.1. The van der Waals surface area contributed by atoms with Crippen LogP contribution >= 0.6 is 0 Å². The van der Waals surface area contributed by atoms with E-state index in [1.807, 2.05) is 12.1 Å². The molecule has 0 saturated heterocycles. The molecular weight excluding hydrogens is 499 g/mol. The van der Waals surface area contributed by atoms with Gasteiger partial charge in [-0.05, 0) is 91.0 Å². The monoisotopic (exact) mass is 538 g/mol. The van der Waals surface area contributed by atoms with Crippen molar-refractivity contribution >= 4 is 9.52 Å². The molecule has 0 aromatic heterocycles. The summed E-state index contributed by atoms with van der Waals surface area (Å²) in [7, 11) is 0.162. The molecule has 0 amide bonds. The minimum atomic E-state index is -5.15. The van der Waals surface area contributed by atoms with Crippen LogP contribution in [0.25, 0.3) is 11.1 Å². The van der Waals surface area contributed by atoms with Gasteiger partial charge in [-0.1, -0.05) is 69.0 Å². The van der Waals surface area contributed by atoms with Crippen molar-refractivity contribution in [2.24, 2.45) is 17.8 Å². The van der Waals surface area contributed by atoms with Crippen molar-refractivity contribution in [1.29, 1.82) is 0 Å². The van der Waals surface area contributed by atoms with Gasteiger partial charge in [0.25, 0.3) is 0 Å². The van der Waals surface area contributed by atoms with E-state index in [1.165, 1.54) is 75.8 Å². The summed E-state index contributed by atoms with van der Waals surface area (Å²) in [5, 5.41) is 0. The van der Waals surface area contributed by atoms with Crippen molar-refractivity contribution in [2.75, 3.05) is 0 Å². The summed E-state index contributed by atoms with van der Waals surface area (Å²) in [6, 6.07) is 12.4. The predicted molar refractivity (Wildman–Crippen MR) is 142 cm³/mol. The highest BCUT2D eigenvalue weighted by atomic mass is 28.2. The lowest BCUT2D eigenvalue weighted by Gasteiger charge is -2.38. The van der Waals surface area contributed by atoms with Gasteiger partial charge in [-0.2, -0.15) is 0 Å². The molecule has 0 radical (unpaired) electrons. The summed E-state index contributed by atoms with van der Waals surface area (Å²) in [5.41, 5.74) is 1.97. The Balaban J connectivity index is 1.27. The third-order valence-electron chi connectivity index (χ3n) is 8.73. The Labute approximate surface area is 220 Å². The minimum absolute atomic E-state index is 0.162. The largest absolute Gasteiger partial charge is 0.573 e. The van der Waals surface area contributed by atoms with E-state index in [2.05, 4.69) is 11.7 Å². The maximum absolute atomic E-state index is 14.1. The third kappa shape index (κ3) is 7.81. The second-order valence-corrected chi connectivity index (χ2v) is 13.2. The lowest BCUT2D eigenvalue weighted by Crippen LogP contribution is -2.25. The van der Waals surface area contributed by atoms with Crippen LogP contribution in [0, 0.1) is 29.4 Å². The molecule has 0 spiro atoms. The van der Waals surface area contributed by atoms with Crippen LogP contribution in [0.2, 0.25) is 12.1 Å². The molecule has 2 saturated carbocycles. The first kappa shape index (κ1) is 28.1. The molecule has 4 rings (SSSR count). The predicted octanol–water partition coefficient (Wildman–Crippen LogP) is 9.42. The zero-order chi connectivity index (χ0) is 26.4. The van der Waals surface area contributed by atoms with Gasteiger partial charge in [-0.25, -0.2) is 8.78 Å². The van der Waals surface area contributed by atoms with E-state index in [-0.39, 0.29) is 15.1 Å². The fourth-order valence-corrected chi connectivity index (χ4v) is 8.92. The van der Waals surface area contributed by atoms with Gasteiger partial charge in [0.05, 0.1) is 0 Å². The van der Waals surface area contributed by atoms with Crippen molar-refractivity contribution in [3.63, 3.8) is 0 Å². The van der Waals surface area contributed by atoms with E-state index < -0.39 is 23.7 Å². The molecule has 204 valence electrons. The number of halogens is 5. The molecule has 0 N–H and O–H groups in total. The molecule has 2 aromatic rings. The van der Waals surface area contributed by atoms with E-state index >= 15 is 0 Å². The van der Waals surface area contributed by atoms with E-state index in [9.17, 15) is 22.0 Å². The number of hydrogen-bond acceptors (Lipinski definition) is 1. The maximum Gasteiger partial charge on any atom is 0.573 e. The van der Waals surface area contributed by atoms with Crippen molar-refractivity contribution in [3.05, 3.63) is 53.6 Å². The Morgan fingerprint density at radius 3 is 1.92 bits per heavy atom. The minimum Gasteiger partial charge on any atom is -0.399 e. The van der Waals surface area contributed by atoms with Gasteiger partial charge >= 0.3 is 6.36 Å². The van der Waals surface area contributed by atoms with Crippen molar-refractivity contribution < 1.29 is 26.7 Å². The van der Waals surface area contributed by atoms with Crippen LogP contribution in [0.1, 0.15) is 82.6 Å². The summed E-state index contributed by atoms with van der Waals surface area (Å²) >= 11 is 0. The third-order valence-corrected chi connectivity index (χ3v) is 11.0. The molecule has 2 aromatic carbocycles. The first-order valence-corrected chi connectivity index (χ1v) is 16.1. The summed E-state index contributed by atoms with van der Waals surface area (Å²) in [4.78, 5) is 0. The Hall–Kier alpha value is -1.89. The lowest BCUT2D eigenvalue weighted by atomic mass is 9.68. The van der Waals surface area contributed by atoms with Crippen molar-refractivity contribution in [1.82, 2.24) is 0 Å². The highest BCUT2D eigenvalue weighted by molar-refractivity contribution is 6.35. The molecule has 0 bridgehead atoms. The Bertz CT molecular complexity index is 967. The molecule has 0 heterocycles. The fraction of sp³-hybridized carbons (Fsp3) is 0.600. The molecule has 7 heteroatoms. The normalized spacial score (nSPS) is 25.0. The lowest BCUT2D eigenvalue weighted by molar-refractivity contribution is -0.276. The van der Waals surface area contributed by atoms with Crippen molar-refractivity contribution in [3.8, 4) is 16.9 Å². The van der Waals surface area contributed by atoms with Crippen LogP contribution in [0.5, 0.6) is 5.75 Å². The van der Waals surface area contributed by atoms with Gasteiger partial charge < -0.3 is 4.74 Å². The standard InChI is InChI=1S/C30H39F5OSi/c1-2-3-16-37-19-20-4-6-21(7-5-20)22-8-10-23(11-9-22)24-12-14-25(15-13-24)26-17-27(31)29(28(32)18-26)36-30(33,34)35/h12-15,17-18,20-23H,2-11,16,19,37H2,1H3. The van der Waals surface area contributed by atoms with Crippen LogP contribution in [0.15, 0.2) is 36.4 Å². The van der Waals surface area contributed by atoms with Gasteiger partial charge in [0.1, 0.15) is 0 Å². The molecule has 0 unspecified atom stereocenters. The zero-order valence-corrected chi connectivity index (χ0v) is 23.2. The van der Waals surface area contributed by atoms with Crippen LogP contribution in [-0.2, 0) is 0 Å². The molecule has 37 heavy (non-hydrogen) atoms. The van der Waals surface area contributed by atoms with Crippen LogP contribution in [0.3, 0.4) is 0 Å². The average Bonchev–Trinajstić information content (AvgIpc) is 2.89. The molecule has 0 atom stereocenters. The zero-order valence-electron chi connectivity index (χ0n) is 21.8. The topological polar surface area (TPSA) is 9.23 Å². The van der Waals surface area contributed by atoms with Crippen LogP contribution in [-0.4, -0.2) is 15.9 Å². The summed E-state index contributed by atoms with van der Waals surface area (Å²) in [6.07, 6.45) is 8.19. The quantitative estimate of drug-likeness (QED) is 0.176. The number of unbranched alkanes of at least 4 members (excludes halogenated alkanes) is 1. The Morgan fingerprint density at radius 2 is 1.38 bits per heavy atom. The fourth-order valence-electron chi connectivity index (χ4n) is 6.62. The van der Waals surface area contributed by atoms with Gasteiger partial charge in [-0.3, -0.25) is 0 Å². The Morgan fingerprint density at radius 1 is 0.811 bits per heavy atom. The first-order chi connectivity index (χ1) is 17.7. The van der Waals surface area contributed by atoms with Crippen LogP contribution in [0.4, 0.5) is 22.0 Å². The molecule has 2 aliphatic rings. The smallest absolute Gasteiger partial charge is 0.399 e. The highest BCUT2D eigenvalue weighted by Gasteiger charge is 2.34. The molecule has 2 aliphatic carbocycles. The number of alkyl halides is 3. The van der Waals surface area contributed by atoms with Gasteiger partial charge in [0, 0.05) is 9.52 Å². The molecular formula is C30H39F5OSi. The highest BCUT2D eigenvalue weighted by Crippen LogP contribution is 2.44. The summed E-state index contributed by atoms with van der Waals surface area (Å²) in [5.74, 6) is -0.938. The average molecular weight is 539 g/mol. The SMILES string of the molecule is CCCC[SiH2]CC1CCC(C2CCC(c3ccc(-c4cc(F)c(OC(F)(F)F)c(F)c4)cc3)CC2)CC1. The van der Waals surface area contributed by atoms with E-state index in [0.717, 1.165) is 29.9 Å². The number of ether oxygens (including phenoxy) is 1. The van der Waals surface area contributed by atoms with Crippen LogP contribution < -0.4 is 4.74 Å². The summed E-state index contributed by atoms with van der Waals surface area (Å²) < 4.78 is 68.9. The summed E-state index contributed by atoms with van der Waals surface area (Å²) in [6.45, 7) is 2.29.